The van der Waals surface area contributed by atoms with Crippen LogP contribution in [0, 0.1) is 11.3 Å². The highest BCUT2D eigenvalue weighted by Gasteiger charge is 2.12. The molecule has 0 aliphatic heterocycles. The maximum Gasteiger partial charge on any atom is 0.266 e. The van der Waals surface area contributed by atoms with E-state index in [-0.39, 0.29) is 11.5 Å². The van der Waals surface area contributed by atoms with Crippen molar-refractivity contribution < 1.29 is 14.3 Å². The summed E-state index contributed by atoms with van der Waals surface area (Å²) in [5, 5.41) is 14.7. The number of anilines is 2. The largest absolute Gasteiger partial charge is 0.492 e. The Morgan fingerprint density at radius 1 is 1.12 bits per heavy atom. The van der Waals surface area contributed by atoms with Crippen LogP contribution in [-0.4, -0.2) is 18.4 Å². The van der Waals surface area contributed by atoms with Gasteiger partial charge in [-0.1, -0.05) is 24.3 Å². The number of ether oxygens (including phenoxy) is 1. The van der Waals surface area contributed by atoms with Crippen LogP contribution in [0.1, 0.15) is 19.4 Å². The summed E-state index contributed by atoms with van der Waals surface area (Å²) in [6.07, 6.45) is 1.48. The predicted molar refractivity (Wildman–Crippen MR) is 101 cm³/mol. The molecule has 2 rings (SSSR count). The zero-order chi connectivity index (χ0) is 18.9. The van der Waals surface area contributed by atoms with Crippen LogP contribution in [-0.2, 0) is 9.59 Å². The molecule has 0 aliphatic rings. The Morgan fingerprint density at radius 2 is 1.81 bits per heavy atom. The van der Waals surface area contributed by atoms with Gasteiger partial charge >= 0.3 is 0 Å². The maximum absolute atomic E-state index is 12.4. The number of benzene rings is 2. The third-order valence-electron chi connectivity index (χ3n) is 3.34. The molecule has 132 valence electrons. The lowest BCUT2D eigenvalue weighted by Gasteiger charge is -2.10. The summed E-state index contributed by atoms with van der Waals surface area (Å²) >= 11 is 0. The highest BCUT2D eigenvalue weighted by atomic mass is 16.5. The van der Waals surface area contributed by atoms with Crippen molar-refractivity contribution in [2.75, 3.05) is 17.2 Å². The van der Waals surface area contributed by atoms with E-state index in [1.807, 2.05) is 13.0 Å². The van der Waals surface area contributed by atoms with Crippen LogP contribution in [0.15, 0.2) is 54.1 Å². The van der Waals surface area contributed by atoms with Crippen molar-refractivity contribution in [1.29, 1.82) is 5.26 Å². The number of nitrogens with zero attached hydrogens (tertiary/aromatic N) is 1. The van der Waals surface area contributed by atoms with E-state index in [9.17, 15) is 14.9 Å². The highest BCUT2D eigenvalue weighted by molar-refractivity contribution is 6.10. The SMILES string of the molecule is CCOc1ccccc1NC(=O)/C(C#N)=C/c1ccc(NC(C)=O)cc1. The molecule has 0 fully saturated rings. The van der Waals surface area contributed by atoms with Crippen molar-refractivity contribution in [2.45, 2.75) is 13.8 Å². The average Bonchev–Trinajstić information content (AvgIpc) is 2.62. The smallest absolute Gasteiger partial charge is 0.266 e. The second-order valence-corrected chi connectivity index (χ2v) is 5.36. The third kappa shape index (κ3) is 5.21. The van der Waals surface area contributed by atoms with Crippen LogP contribution in [0.5, 0.6) is 5.75 Å². The Balaban J connectivity index is 2.17. The Hall–Kier alpha value is -3.59. The molecule has 26 heavy (non-hydrogen) atoms. The summed E-state index contributed by atoms with van der Waals surface area (Å²) < 4.78 is 5.46. The number of carbonyl (C=O) groups is 2. The number of nitriles is 1. The van der Waals surface area contributed by atoms with Crippen molar-refractivity contribution >= 4 is 29.3 Å². The number of nitrogens with one attached hydrogen (secondary N) is 2. The van der Waals surface area contributed by atoms with Crippen molar-refractivity contribution in [3.05, 3.63) is 59.7 Å². The molecular weight excluding hydrogens is 330 g/mol. The molecule has 0 aromatic heterocycles. The van der Waals surface area contributed by atoms with Gasteiger partial charge < -0.3 is 15.4 Å². The topological polar surface area (TPSA) is 91.2 Å². The first-order valence-electron chi connectivity index (χ1n) is 8.06. The van der Waals surface area contributed by atoms with Gasteiger partial charge in [0.15, 0.2) is 0 Å². The van der Waals surface area contributed by atoms with Gasteiger partial charge in [0.25, 0.3) is 5.91 Å². The van der Waals surface area contributed by atoms with E-state index >= 15 is 0 Å². The first-order valence-corrected chi connectivity index (χ1v) is 8.06. The number of carbonyl (C=O) groups excluding carboxylic acids is 2. The lowest BCUT2D eigenvalue weighted by Crippen LogP contribution is -2.14. The number of amides is 2. The van der Waals surface area contributed by atoms with Crippen molar-refractivity contribution in [2.24, 2.45) is 0 Å². The van der Waals surface area contributed by atoms with Gasteiger partial charge in [-0.2, -0.15) is 5.26 Å². The van der Waals surface area contributed by atoms with Gasteiger partial charge in [-0.15, -0.1) is 0 Å². The van der Waals surface area contributed by atoms with Crippen LogP contribution < -0.4 is 15.4 Å². The summed E-state index contributed by atoms with van der Waals surface area (Å²) in [6, 6.07) is 15.8. The summed E-state index contributed by atoms with van der Waals surface area (Å²) in [5.74, 6) is -0.149. The first kappa shape index (κ1) is 18.7. The van der Waals surface area contributed by atoms with Crippen LogP contribution in [0.3, 0.4) is 0 Å². The van der Waals surface area contributed by atoms with Crippen LogP contribution >= 0.6 is 0 Å². The quantitative estimate of drug-likeness (QED) is 0.616. The molecule has 2 N–H and O–H groups in total. The molecule has 0 atom stereocenters. The van der Waals surface area contributed by atoms with Gasteiger partial charge in [0, 0.05) is 12.6 Å². The molecule has 0 aliphatic carbocycles. The van der Waals surface area contributed by atoms with E-state index in [0.29, 0.717) is 29.3 Å². The van der Waals surface area contributed by atoms with Gasteiger partial charge in [0.2, 0.25) is 5.91 Å². The third-order valence-corrected chi connectivity index (χ3v) is 3.34. The number of hydrogen-bond donors (Lipinski definition) is 2. The summed E-state index contributed by atoms with van der Waals surface area (Å²) in [6.45, 7) is 3.74. The van der Waals surface area contributed by atoms with Gasteiger partial charge in [-0.25, -0.2) is 0 Å². The molecule has 0 bridgehead atoms. The fourth-order valence-electron chi connectivity index (χ4n) is 2.22. The number of hydrogen-bond acceptors (Lipinski definition) is 4. The minimum atomic E-state index is -0.523. The molecule has 0 saturated carbocycles. The van der Waals surface area contributed by atoms with E-state index in [0.717, 1.165) is 0 Å². The van der Waals surface area contributed by atoms with E-state index < -0.39 is 5.91 Å². The highest BCUT2D eigenvalue weighted by Crippen LogP contribution is 2.24. The predicted octanol–water partition coefficient (Wildman–Crippen LogP) is 3.59. The second-order valence-electron chi connectivity index (χ2n) is 5.36. The van der Waals surface area contributed by atoms with Crippen molar-refractivity contribution in [3.63, 3.8) is 0 Å². The van der Waals surface area contributed by atoms with Gasteiger partial charge in [0.05, 0.1) is 12.3 Å². The Kier molecular flexibility index (Phi) is 6.52. The van der Waals surface area contributed by atoms with Gasteiger partial charge in [-0.05, 0) is 42.8 Å². The minimum Gasteiger partial charge on any atom is -0.492 e. The van der Waals surface area contributed by atoms with Crippen LogP contribution in [0.2, 0.25) is 0 Å². The fourth-order valence-corrected chi connectivity index (χ4v) is 2.22. The Morgan fingerprint density at radius 3 is 2.42 bits per heavy atom. The fraction of sp³-hybridized carbons (Fsp3) is 0.150. The lowest BCUT2D eigenvalue weighted by molar-refractivity contribution is -0.114. The van der Waals surface area contributed by atoms with E-state index in [2.05, 4.69) is 10.6 Å². The molecule has 0 heterocycles. The second kappa shape index (κ2) is 9.04. The van der Waals surface area contributed by atoms with Crippen LogP contribution in [0.25, 0.3) is 6.08 Å². The van der Waals surface area contributed by atoms with Gasteiger partial charge in [0.1, 0.15) is 17.4 Å². The molecule has 0 saturated heterocycles. The maximum atomic E-state index is 12.4. The molecule has 2 amide bonds. The normalized spacial score (nSPS) is 10.6. The molecule has 2 aromatic carbocycles. The number of rotatable bonds is 6. The molecule has 0 radical (unpaired) electrons. The van der Waals surface area contributed by atoms with Crippen molar-refractivity contribution in [1.82, 2.24) is 0 Å². The molecule has 0 unspecified atom stereocenters. The monoisotopic (exact) mass is 349 g/mol. The molecule has 6 nitrogen and oxygen atoms in total. The Bertz CT molecular complexity index is 865. The molecule has 6 heteroatoms. The Labute approximate surface area is 152 Å². The molecular formula is C20H19N3O3. The minimum absolute atomic E-state index is 0.0384. The van der Waals surface area contributed by atoms with E-state index in [4.69, 9.17) is 4.74 Å². The van der Waals surface area contributed by atoms with E-state index in [1.165, 1.54) is 13.0 Å². The first-order chi connectivity index (χ1) is 12.5. The summed E-state index contributed by atoms with van der Waals surface area (Å²) in [5.41, 5.74) is 1.78. The zero-order valence-corrected chi connectivity index (χ0v) is 14.6. The van der Waals surface area contributed by atoms with Crippen molar-refractivity contribution in [3.8, 4) is 11.8 Å². The van der Waals surface area contributed by atoms with Gasteiger partial charge in [-0.3, -0.25) is 9.59 Å². The van der Waals surface area contributed by atoms with Crippen LogP contribution in [0.4, 0.5) is 11.4 Å². The summed E-state index contributed by atoms with van der Waals surface area (Å²) in [4.78, 5) is 23.4. The van der Waals surface area contributed by atoms with E-state index in [1.54, 1.807) is 48.5 Å². The lowest BCUT2D eigenvalue weighted by atomic mass is 10.1. The standard InChI is InChI=1S/C20H19N3O3/c1-3-26-19-7-5-4-6-18(19)23-20(25)16(13-21)12-15-8-10-17(11-9-15)22-14(2)24/h4-12H,3H2,1-2H3,(H,22,24)(H,23,25)/b16-12+. The number of para-hydroxylation sites is 2. The summed E-state index contributed by atoms with van der Waals surface area (Å²) in [7, 11) is 0. The average molecular weight is 349 g/mol. The zero-order valence-electron chi connectivity index (χ0n) is 14.6. The molecule has 0 spiro atoms. The molecule has 2 aromatic rings.